The highest BCUT2D eigenvalue weighted by Gasteiger charge is 2.24. The number of carbonyl (C=O) groups is 2. The van der Waals surface area contributed by atoms with Crippen LogP contribution in [0, 0.1) is 11.7 Å². The summed E-state index contributed by atoms with van der Waals surface area (Å²) in [6.45, 7) is 0. The number of halogens is 1. The third-order valence-electron chi connectivity index (χ3n) is 3.83. The summed E-state index contributed by atoms with van der Waals surface area (Å²) < 4.78 is 17.7. The molecule has 1 aliphatic rings. The molecule has 1 N–H and O–H groups in total. The van der Waals surface area contributed by atoms with E-state index < -0.39 is 12.0 Å². The van der Waals surface area contributed by atoms with Gasteiger partial charge in [-0.05, 0) is 37.0 Å². The van der Waals surface area contributed by atoms with Crippen LogP contribution in [0.5, 0.6) is 0 Å². The Bertz CT molecular complexity index is 554. The average Bonchev–Trinajstić information content (AvgIpc) is 2.55. The molecule has 2 unspecified atom stereocenters. The Labute approximate surface area is 129 Å². The maximum atomic E-state index is 13.0. The van der Waals surface area contributed by atoms with Crippen LogP contribution in [0.15, 0.2) is 36.4 Å². The van der Waals surface area contributed by atoms with Crippen molar-refractivity contribution >= 4 is 11.9 Å². The van der Waals surface area contributed by atoms with E-state index in [0.29, 0.717) is 12.0 Å². The van der Waals surface area contributed by atoms with E-state index >= 15 is 0 Å². The minimum atomic E-state index is -0.508. The molecular weight excluding hydrogens is 285 g/mol. The van der Waals surface area contributed by atoms with E-state index in [1.54, 1.807) is 12.1 Å². The fraction of sp³-hybridized carbons (Fsp3) is 0.412. The van der Waals surface area contributed by atoms with E-state index in [0.717, 1.165) is 12.8 Å². The van der Waals surface area contributed by atoms with Crippen molar-refractivity contribution in [1.82, 2.24) is 5.32 Å². The minimum Gasteiger partial charge on any atom is -0.469 e. The molecule has 118 valence electrons. The molecule has 0 bridgehead atoms. The van der Waals surface area contributed by atoms with Gasteiger partial charge < -0.3 is 10.1 Å². The maximum Gasteiger partial charge on any atom is 0.307 e. The molecule has 2 rings (SSSR count). The Kier molecular flexibility index (Phi) is 5.69. The summed E-state index contributed by atoms with van der Waals surface area (Å²) in [4.78, 5) is 23.9. The zero-order valence-corrected chi connectivity index (χ0v) is 12.5. The molecule has 1 aliphatic carbocycles. The van der Waals surface area contributed by atoms with Crippen LogP contribution >= 0.6 is 0 Å². The largest absolute Gasteiger partial charge is 0.469 e. The second-order valence-corrected chi connectivity index (χ2v) is 5.37. The fourth-order valence-electron chi connectivity index (χ4n) is 2.52. The van der Waals surface area contributed by atoms with Crippen molar-refractivity contribution in [2.75, 3.05) is 7.11 Å². The van der Waals surface area contributed by atoms with E-state index in [-0.39, 0.29) is 24.1 Å². The molecular formula is C17H20FNO3. The van der Waals surface area contributed by atoms with E-state index in [1.165, 1.54) is 19.2 Å². The molecule has 1 aromatic rings. The van der Waals surface area contributed by atoms with Gasteiger partial charge in [-0.15, -0.1) is 0 Å². The van der Waals surface area contributed by atoms with Crippen LogP contribution in [-0.2, 0) is 14.3 Å². The fourth-order valence-corrected chi connectivity index (χ4v) is 2.52. The lowest BCUT2D eigenvalue weighted by Crippen LogP contribution is -2.35. The van der Waals surface area contributed by atoms with E-state index in [9.17, 15) is 14.0 Å². The number of rotatable bonds is 5. The molecule has 0 aliphatic heterocycles. The summed E-state index contributed by atoms with van der Waals surface area (Å²) in [5.41, 5.74) is 0.687. The summed E-state index contributed by atoms with van der Waals surface area (Å²) in [6, 6.07) is 5.27. The van der Waals surface area contributed by atoms with Gasteiger partial charge in [-0.1, -0.05) is 24.3 Å². The lowest BCUT2D eigenvalue weighted by Gasteiger charge is -2.23. The Morgan fingerprint density at radius 3 is 2.64 bits per heavy atom. The van der Waals surface area contributed by atoms with E-state index in [2.05, 4.69) is 16.1 Å². The third kappa shape index (κ3) is 4.41. The van der Waals surface area contributed by atoms with Crippen molar-refractivity contribution in [2.45, 2.75) is 31.7 Å². The summed E-state index contributed by atoms with van der Waals surface area (Å²) in [6.07, 6.45) is 6.49. The second-order valence-electron chi connectivity index (χ2n) is 5.37. The van der Waals surface area contributed by atoms with Crippen molar-refractivity contribution in [3.05, 3.63) is 47.8 Å². The molecule has 0 radical (unpaired) electrons. The number of ether oxygens (including phenoxy) is 1. The van der Waals surface area contributed by atoms with E-state index in [4.69, 9.17) is 0 Å². The molecule has 2 atom stereocenters. The normalized spacial score (nSPS) is 18.5. The van der Waals surface area contributed by atoms with Gasteiger partial charge in [-0.2, -0.15) is 0 Å². The molecule has 0 saturated heterocycles. The molecule has 22 heavy (non-hydrogen) atoms. The monoisotopic (exact) mass is 305 g/mol. The topological polar surface area (TPSA) is 55.4 Å². The van der Waals surface area contributed by atoms with Crippen LogP contribution in [0.3, 0.4) is 0 Å². The number of benzene rings is 1. The molecule has 0 heterocycles. The smallest absolute Gasteiger partial charge is 0.307 e. The quantitative estimate of drug-likeness (QED) is 0.672. The highest BCUT2D eigenvalue weighted by molar-refractivity contribution is 5.80. The molecule has 0 spiro atoms. The van der Waals surface area contributed by atoms with Crippen molar-refractivity contribution in [3.8, 4) is 0 Å². The average molecular weight is 305 g/mol. The minimum absolute atomic E-state index is 0.0242. The first-order valence-electron chi connectivity index (χ1n) is 7.38. The molecule has 1 amide bonds. The number of nitrogens with one attached hydrogen (secondary N) is 1. The van der Waals surface area contributed by atoms with Crippen LogP contribution in [0.25, 0.3) is 0 Å². The lowest BCUT2D eigenvalue weighted by atomic mass is 9.92. The van der Waals surface area contributed by atoms with Gasteiger partial charge in [0.2, 0.25) is 5.91 Å². The number of methoxy groups -OCH3 is 1. The first kappa shape index (κ1) is 16.2. The predicted molar refractivity (Wildman–Crippen MR) is 80.4 cm³/mol. The van der Waals surface area contributed by atoms with Crippen molar-refractivity contribution in [1.29, 1.82) is 0 Å². The molecule has 0 saturated carbocycles. The highest BCUT2D eigenvalue weighted by atomic mass is 19.1. The maximum absolute atomic E-state index is 13.0. The molecule has 0 fully saturated rings. The summed E-state index contributed by atoms with van der Waals surface area (Å²) in [5, 5.41) is 2.89. The van der Waals surface area contributed by atoms with Gasteiger partial charge >= 0.3 is 5.97 Å². The predicted octanol–water partition coefficient (Wildman–Crippen LogP) is 2.90. The molecule has 4 nitrogen and oxygen atoms in total. The van der Waals surface area contributed by atoms with Crippen molar-refractivity contribution < 1.29 is 18.7 Å². The van der Waals surface area contributed by atoms with Gasteiger partial charge in [0.25, 0.3) is 0 Å². The number of allylic oxidation sites excluding steroid dienone is 2. The Morgan fingerprint density at radius 1 is 1.32 bits per heavy atom. The van der Waals surface area contributed by atoms with Crippen LogP contribution < -0.4 is 5.32 Å². The Hall–Kier alpha value is -2.17. The lowest BCUT2D eigenvalue weighted by molar-refractivity contribution is -0.141. The van der Waals surface area contributed by atoms with Gasteiger partial charge in [0.15, 0.2) is 0 Å². The first-order chi connectivity index (χ1) is 10.6. The van der Waals surface area contributed by atoms with Crippen LogP contribution in [-0.4, -0.2) is 19.0 Å². The third-order valence-corrected chi connectivity index (χ3v) is 3.83. The van der Waals surface area contributed by atoms with Gasteiger partial charge in [0.1, 0.15) is 5.82 Å². The van der Waals surface area contributed by atoms with Crippen LogP contribution in [0.1, 0.15) is 37.3 Å². The van der Waals surface area contributed by atoms with Crippen molar-refractivity contribution in [3.63, 3.8) is 0 Å². The number of amides is 1. The van der Waals surface area contributed by atoms with Gasteiger partial charge in [0.05, 0.1) is 19.6 Å². The van der Waals surface area contributed by atoms with Crippen LogP contribution in [0.2, 0.25) is 0 Å². The second kappa shape index (κ2) is 7.73. The summed E-state index contributed by atoms with van der Waals surface area (Å²) in [5.74, 6) is -0.935. The van der Waals surface area contributed by atoms with Crippen molar-refractivity contribution in [2.24, 2.45) is 5.92 Å². The molecule has 0 aromatic heterocycles. The molecule has 5 heteroatoms. The Morgan fingerprint density at radius 2 is 2.05 bits per heavy atom. The zero-order chi connectivity index (χ0) is 15.9. The number of esters is 1. The van der Waals surface area contributed by atoms with Crippen LogP contribution in [0.4, 0.5) is 4.39 Å². The number of hydrogen-bond acceptors (Lipinski definition) is 3. The van der Waals surface area contributed by atoms with E-state index in [1.807, 2.05) is 6.08 Å². The highest BCUT2D eigenvalue weighted by Crippen LogP contribution is 2.22. The van der Waals surface area contributed by atoms with Gasteiger partial charge in [0, 0.05) is 5.92 Å². The first-order valence-corrected chi connectivity index (χ1v) is 7.38. The zero-order valence-electron chi connectivity index (χ0n) is 12.5. The Balaban J connectivity index is 2.09. The van der Waals surface area contributed by atoms with Gasteiger partial charge in [-0.3, -0.25) is 9.59 Å². The number of carbonyl (C=O) groups excluding carboxylic acids is 2. The van der Waals surface area contributed by atoms with Gasteiger partial charge in [-0.25, -0.2) is 4.39 Å². The standard InChI is InChI=1S/C17H20FNO3/c1-22-16(20)11-15(12-7-9-14(18)10-8-12)19-17(21)13-5-3-2-4-6-13/h2-3,7-10,13,15H,4-6,11H2,1H3,(H,19,21). The summed E-state index contributed by atoms with van der Waals surface area (Å²) in [7, 11) is 1.30. The summed E-state index contributed by atoms with van der Waals surface area (Å²) >= 11 is 0. The SMILES string of the molecule is COC(=O)CC(NC(=O)C1CC=CCC1)c1ccc(F)cc1. The number of hydrogen-bond donors (Lipinski definition) is 1. The molecule has 1 aromatic carbocycles.